The monoisotopic (exact) mass is 448 g/mol. The zero-order chi connectivity index (χ0) is 22.7. The average molecular weight is 449 g/mol. The zero-order valence-corrected chi connectivity index (χ0v) is 17.7. The molecule has 3 aromatic carbocycles. The molecule has 0 unspecified atom stereocenters. The summed E-state index contributed by atoms with van der Waals surface area (Å²) < 4.78 is 11.0. The van der Waals surface area contributed by atoms with Crippen LogP contribution in [0.25, 0.3) is 6.08 Å². The average Bonchev–Trinajstić information content (AvgIpc) is 3.14. The molecule has 1 aliphatic rings. The quantitative estimate of drug-likeness (QED) is 0.215. The Morgan fingerprint density at radius 1 is 1.12 bits per heavy atom. The van der Waals surface area contributed by atoms with E-state index in [9.17, 15) is 14.9 Å². The molecule has 0 saturated carbocycles. The zero-order valence-electron chi connectivity index (χ0n) is 16.9. The molecule has 0 atom stereocenters. The normalized spacial score (nSPS) is 14.2. The van der Waals surface area contributed by atoms with E-state index in [1.165, 1.54) is 12.1 Å². The Kier molecular flexibility index (Phi) is 6.00. The van der Waals surface area contributed by atoms with Gasteiger partial charge in [0.05, 0.1) is 4.92 Å². The highest BCUT2D eigenvalue weighted by molar-refractivity contribution is 6.31. The van der Waals surface area contributed by atoms with Gasteiger partial charge in [0.2, 0.25) is 5.90 Å². The molecule has 0 saturated heterocycles. The van der Waals surface area contributed by atoms with Crippen molar-refractivity contribution in [3.05, 3.63) is 110 Å². The third-order valence-corrected chi connectivity index (χ3v) is 5.17. The molecule has 0 amide bonds. The third-order valence-electron chi connectivity index (χ3n) is 4.80. The predicted molar refractivity (Wildman–Crippen MR) is 121 cm³/mol. The van der Waals surface area contributed by atoms with Gasteiger partial charge < -0.3 is 9.47 Å². The van der Waals surface area contributed by atoms with Crippen LogP contribution in [-0.4, -0.2) is 16.8 Å². The molecule has 0 radical (unpaired) electrons. The van der Waals surface area contributed by atoms with E-state index < -0.39 is 10.9 Å². The molecule has 0 N–H and O–H groups in total. The molecule has 160 valence electrons. The number of esters is 1. The Labute approximate surface area is 188 Å². The molecule has 7 nitrogen and oxygen atoms in total. The van der Waals surface area contributed by atoms with E-state index in [1.807, 2.05) is 24.3 Å². The van der Waals surface area contributed by atoms with Crippen molar-refractivity contribution >= 4 is 35.2 Å². The summed E-state index contributed by atoms with van der Waals surface area (Å²) in [6.45, 7) is 1.96. The van der Waals surface area contributed by atoms with Crippen molar-refractivity contribution in [3.8, 4) is 5.75 Å². The van der Waals surface area contributed by atoms with Gasteiger partial charge >= 0.3 is 5.97 Å². The number of nitro groups is 1. The van der Waals surface area contributed by atoms with Crippen LogP contribution in [0.3, 0.4) is 0 Å². The molecular formula is C24H17ClN2O5. The molecule has 8 heteroatoms. The minimum absolute atomic E-state index is 0.00807. The van der Waals surface area contributed by atoms with Crippen molar-refractivity contribution in [3.63, 3.8) is 0 Å². The van der Waals surface area contributed by atoms with Crippen LogP contribution >= 0.6 is 11.6 Å². The van der Waals surface area contributed by atoms with Gasteiger partial charge in [0.15, 0.2) is 5.70 Å². The van der Waals surface area contributed by atoms with Gasteiger partial charge in [-0.05, 0) is 48.9 Å². The van der Waals surface area contributed by atoms with Crippen molar-refractivity contribution in [1.29, 1.82) is 0 Å². The summed E-state index contributed by atoms with van der Waals surface area (Å²) in [6.07, 6.45) is 1.60. The maximum absolute atomic E-state index is 12.2. The minimum Gasteiger partial charge on any atom is -0.489 e. The topological polar surface area (TPSA) is 91.0 Å². The second kappa shape index (κ2) is 9.03. The maximum atomic E-state index is 12.2. The second-order valence-corrected chi connectivity index (χ2v) is 7.45. The number of aliphatic imine (C=N–C) groups is 1. The van der Waals surface area contributed by atoms with Gasteiger partial charge in [0.1, 0.15) is 12.4 Å². The first kappa shape index (κ1) is 21.3. The molecule has 0 fully saturated rings. The summed E-state index contributed by atoms with van der Waals surface area (Å²) in [6, 6.07) is 19.1. The van der Waals surface area contributed by atoms with E-state index >= 15 is 0 Å². The van der Waals surface area contributed by atoms with Gasteiger partial charge in [-0.1, -0.05) is 41.9 Å². The van der Waals surface area contributed by atoms with Gasteiger partial charge in [0.25, 0.3) is 5.69 Å². The Balaban J connectivity index is 1.48. The Morgan fingerprint density at radius 2 is 1.88 bits per heavy atom. The summed E-state index contributed by atoms with van der Waals surface area (Å²) in [4.78, 5) is 27.0. The largest absolute Gasteiger partial charge is 0.489 e. The Bertz CT molecular complexity index is 1270. The van der Waals surface area contributed by atoms with Crippen molar-refractivity contribution in [2.24, 2.45) is 4.99 Å². The lowest BCUT2D eigenvalue weighted by atomic mass is 10.1. The summed E-state index contributed by atoms with van der Waals surface area (Å²) in [5.74, 6) is 0.181. The number of cyclic esters (lactones) is 1. The number of nitro benzene ring substituents is 1. The van der Waals surface area contributed by atoms with Crippen molar-refractivity contribution in [2.45, 2.75) is 13.5 Å². The summed E-state index contributed by atoms with van der Waals surface area (Å²) in [5.41, 5.74) is 2.71. The van der Waals surface area contributed by atoms with Crippen molar-refractivity contribution in [1.82, 2.24) is 0 Å². The number of nitrogens with zero attached hydrogens (tertiary/aromatic N) is 2. The molecule has 1 heterocycles. The van der Waals surface area contributed by atoms with E-state index in [-0.39, 0.29) is 17.3 Å². The number of hydrogen-bond acceptors (Lipinski definition) is 6. The van der Waals surface area contributed by atoms with E-state index in [2.05, 4.69) is 4.99 Å². The molecule has 0 spiro atoms. The first-order chi connectivity index (χ1) is 15.4. The van der Waals surface area contributed by atoms with Crippen LogP contribution in [0.4, 0.5) is 5.69 Å². The number of hydrogen-bond donors (Lipinski definition) is 0. The van der Waals surface area contributed by atoms with Crippen LogP contribution in [0.1, 0.15) is 22.3 Å². The first-order valence-corrected chi connectivity index (χ1v) is 10.0. The summed E-state index contributed by atoms with van der Waals surface area (Å²) in [5, 5.41) is 11.6. The maximum Gasteiger partial charge on any atom is 0.363 e. The lowest BCUT2D eigenvalue weighted by Crippen LogP contribution is -2.06. The van der Waals surface area contributed by atoms with E-state index in [4.69, 9.17) is 21.1 Å². The third kappa shape index (κ3) is 4.68. The van der Waals surface area contributed by atoms with Crippen LogP contribution in [0.5, 0.6) is 5.75 Å². The lowest BCUT2D eigenvalue weighted by Gasteiger charge is -2.07. The fourth-order valence-corrected chi connectivity index (χ4v) is 3.31. The molecule has 3 aromatic rings. The Morgan fingerprint density at radius 3 is 2.56 bits per heavy atom. The highest BCUT2D eigenvalue weighted by atomic mass is 35.5. The number of carbonyl (C=O) groups is 1. The van der Waals surface area contributed by atoms with Crippen LogP contribution in [0, 0.1) is 17.0 Å². The molecule has 0 aromatic heterocycles. The number of aryl methyl sites for hydroxylation is 1. The van der Waals surface area contributed by atoms with Crippen molar-refractivity contribution in [2.75, 3.05) is 0 Å². The number of rotatable bonds is 6. The Hall–Kier alpha value is -3.97. The standard InChI is InChI=1S/C24H17ClN2O5/c1-15-12-17(8-11-22(15)27(29)30)23-26-21(24(28)32-23)13-16-6-9-19(10-7-16)31-14-18-4-2-3-5-20(18)25/h2-13H,14H2,1H3/b21-13-. The SMILES string of the molecule is Cc1cc(C2=N/C(=C\c3ccc(OCc4ccccc4Cl)cc3)C(=O)O2)ccc1[N+](=O)[O-]. The lowest BCUT2D eigenvalue weighted by molar-refractivity contribution is -0.385. The summed E-state index contributed by atoms with van der Waals surface area (Å²) >= 11 is 6.14. The fourth-order valence-electron chi connectivity index (χ4n) is 3.12. The second-order valence-electron chi connectivity index (χ2n) is 7.04. The van der Waals surface area contributed by atoms with E-state index in [0.29, 0.717) is 28.5 Å². The van der Waals surface area contributed by atoms with Crippen LogP contribution in [-0.2, 0) is 16.1 Å². The predicted octanol–water partition coefficient (Wildman–Crippen LogP) is 5.48. The molecule has 0 aliphatic carbocycles. The summed E-state index contributed by atoms with van der Waals surface area (Å²) in [7, 11) is 0. The number of halogens is 1. The van der Waals surface area contributed by atoms with Crippen LogP contribution in [0.15, 0.2) is 77.4 Å². The highest BCUT2D eigenvalue weighted by Gasteiger charge is 2.25. The van der Waals surface area contributed by atoms with Gasteiger partial charge in [0, 0.05) is 27.8 Å². The van der Waals surface area contributed by atoms with Crippen LogP contribution in [0.2, 0.25) is 5.02 Å². The molecule has 32 heavy (non-hydrogen) atoms. The number of benzene rings is 3. The van der Waals surface area contributed by atoms with Gasteiger partial charge in [-0.25, -0.2) is 9.79 Å². The smallest absolute Gasteiger partial charge is 0.363 e. The van der Waals surface area contributed by atoms with Crippen molar-refractivity contribution < 1.29 is 19.2 Å². The first-order valence-electron chi connectivity index (χ1n) is 9.65. The highest BCUT2D eigenvalue weighted by Crippen LogP contribution is 2.24. The van der Waals surface area contributed by atoms with Gasteiger partial charge in [-0.3, -0.25) is 10.1 Å². The van der Waals surface area contributed by atoms with E-state index in [1.54, 1.807) is 43.3 Å². The van der Waals surface area contributed by atoms with Crippen LogP contribution < -0.4 is 4.74 Å². The molecule has 4 rings (SSSR count). The minimum atomic E-state index is -0.588. The van der Waals surface area contributed by atoms with Gasteiger partial charge in [-0.15, -0.1) is 0 Å². The fraction of sp³-hybridized carbons (Fsp3) is 0.0833. The van der Waals surface area contributed by atoms with Gasteiger partial charge in [-0.2, -0.15) is 0 Å². The number of ether oxygens (including phenoxy) is 2. The molecule has 1 aliphatic heterocycles. The molecule has 0 bridgehead atoms. The molecular weight excluding hydrogens is 432 g/mol. The number of carbonyl (C=O) groups excluding carboxylic acids is 1. The van der Waals surface area contributed by atoms with E-state index in [0.717, 1.165) is 11.1 Å².